The standard InChI is InChI=1S/C20H15FN2O2/c1-13-9-18(19(11-22)20(24)23-13)17-8-3-2-5-14(17)12-25-16-7-4-6-15(21)10-16/h2-10H,12H2,1H3,(H,23,24). The van der Waals surface area contributed by atoms with Crippen LogP contribution in [0.5, 0.6) is 5.75 Å². The average molecular weight is 334 g/mol. The summed E-state index contributed by atoms with van der Waals surface area (Å²) in [4.78, 5) is 14.7. The van der Waals surface area contributed by atoms with Gasteiger partial charge in [-0.25, -0.2) is 4.39 Å². The first-order valence-corrected chi connectivity index (χ1v) is 7.69. The number of pyridine rings is 1. The first kappa shape index (κ1) is 16.5. The van der Waals surface area contributed by atoms with Crippen LogP contribution in [-0.2, 0) is 6.61 Å². The van der Waals surface area contributed by atoms with E-state index in [9.17, 15) is 14.4 Å². The summed E-state index contributed by atoms with van der Waals surface area (Å²) in [6.07, 6.45) is 0. The smallest absolute Gasteiger partial charge is 0.266 e. The van der Waals surface area contributed by atoms with Crippen LogP contribution in [0.25, 0.3) is 11.1 Å². The van der Waals surface area contributed by atoms with Gasteiger partial charge in [0.05, 0.1) is 0 Å². The van der Waals surface area contributed by atoms with Crippen molar-refractivity contribution in [1.29, 1.82) is 5.26 Å². The van der Waals surface area contributed by atoms with E-state index in [1.807, 2.05) is 30.3 Å². The maximum atomic E-state index is 13.3. The van der Waals surface area contributed by atoms with Crippen LogP contribution in [0.15, 0.2) is 59.4 Å². The Morgan fingerprint density at radius 3 is 2.68 bits per heavy atom. The van der Waals surface area contributed by atoms with Crippen LogP contribution >= 0.6 is 0 Å². The molecule has 0 saturated heterocycles. The van der Waals surface area contributed by atoms with E-state index < -0.39 is 5.56 Å². The number of H-pyrrole nitrogens is 1. The Bertz CT molecular complexity index is 1020. The molecule has 1 heterocycles. The predicted molar refractivity (Wildman–Crippen MR) is 92.7 cm³/mol. The second kappa shape index (κ2) is 7.02. The summed E-state index contributed by atoms with van der Waals surface area (Å²) in [6, 6.07) is 17.0. The van der Waals surface area contributed by atoms with Gasteiger partial charge in [-0.2, -0.15) is 5.26 Å². The van der Waals surface area contributed by atoms with Crippen molar-refractivity contribution in [2.75, 3.05) is 0 Å². The lowest BCUT2D eigenvalue weighted by Crippen LogP contribution is -2.13. The Hall–Kier alpha value is -3.39. The Kier molecular flexibility index (Phi) is 4.62. The van der Waals surface area contributed by atoms with E-state index in [4.69, 9.17) is 4.74 Å². The molecule has 3 rings (SSSR count). The number of ether oxygens (including phenoxy) is 1. The van der Waals surface area contributed by atoms with E-state index in [-0.39, 0.29) is 18.0 Å². The summed E-state index contributed by atoms with van der Waals surface area (Å²) >= 11 is 0. The van der Waals surface area contributed by atoms with Crippen LogP contribution in [0.1, 0.15) is 16.8 Å². The molecule has 0 atom stereocenters. The molecule has 0 amide bonds. The average Bonchev–Trinajstić information content (AvgIpc) is 2.60. The molecule has 4 nitrogen and oxygen atoms in total. The SMILES string of the molecule is Cc1cc(-c2ccccc2COc2cccc(F)c2)c(C#N)c(=O)[nH]1. The minimum atomic E-state index is -0.418. The molecule has 0 saturated carbocycles. The van der Waals surface area contributed by atoms with Crippen LogP contribution in [0, 0.1) is 24.1 Å². The fraction of sp³-hybridized carbons (Fsp3) is 0.100. The number of benzene rings is 2. The quantitative estimate of drug-likeness (QED) is 0.786. The lowest BCUT2D eigenvalue weighted by molar-refractivity contribution is 0.305. The molecule has 0 aliphatic rings. The maximum absolute atomic E-state index is 13.3. The number of hydrogen-bond acceptors (Lipinski definition) is 3. The predicted octanol–water partition coefficient (Wildman–Crippen LogP) is 3.94. The Morgan fingerprint density at radius 1 is 1.12 bits per heavy atom. The van der Waals surface area contributed by atoms with E-state index >= 15 is 0 Å². The highest BCUT2D eigenvalue weighted by Gasteiger charge is 2.13. The zero-order valence-electron chi connectivity index (χ0n) is 13.5. The van der Waals surface area contributed by atoms with Crippen molar-refractivity contribution in [3.63, 3.8) is 0 Å². The molecule has 0 aliphatic carbocycles. The zero-order chi connectivity index (χ0) is 17.8. The van der Waals surface area contributed by atoms with Gasteiger partial charge >= 0.3 is 0 Å². The van der Waals surface area contributed by atoms with E-state index in [2.05, 4.69) is 4.98 Å². The fourth-order valence-corrected chi connectivity index (χ4v) is 2.64. The van der Waals surface area contributed by atoms with E-state index in [0.29, 0.717) is 17.0 Å². The van der Waals surface area contributed by atoms with E-state index in [1.54, 1.807) is 25.1 Å². The summed E-state index contributed by atoms with van der Waals surface area (Å²) in [5, 5.41) is 9.34. The number of aryl methyl sites for hydroxylation is 1. The monoisotopic (exact) mass is 334 g/mol. The molecule has 124 valence electrons. The number of nitrogens with zero attached hydrogens (tertiary/aromatic N) is 1. The van der Waals surface area contributed by atoms with Gasteiger partial charge in [-0.3, -0.25) is 4.79 Å². The Balaban J connectivity index is 2.00. The molecular weight excluding hydrogens is 319 g/mol. The van der Waals surface area contributed by atoms with Crippen LogP contribution < -0.4 is 10.3 Å². The molecule has 5 heteroatoms. The third kappa shape index (κ3) is 3.59. The van der Waals surface area contributed by atoms with Gasteiger partial charge in [-0.05, 0) is 36.2 Å². The number of aromatic nitrogens is 1. The molecule has 0 spiro atoms. The van der Waals surface area contributed by atoms with Crippen molar-refractivity contribution in [3.05, 3.63) is 87.6 Å². The van der Waals surface area contributed by atoms with Gasteiger partial charge in [0.2, 0.25) is 0 Å². The number of halogens is 1. The minimum absolute atomic E-state index is 0.0591. The van der Waals surface area contributed by atoms with Crippen molar-refractivity contribution in [1.82, 2.24) is 4.98 Å². The molecular formula is C20H15FN2O2. The molecule has 2 aromatic carbocycles. The number of nitrogens with one attached hydrogen (secondary N) is 1. The van der Waals surface area contributed by atoms with Crippen LogP contribution in [0.2, 0.25) is 0 Å². The highest BCUT2D eigenvalue weighted by atomic mass is 19.1. The molecule has 0 unspecified atom stereocenters. The normalized spacial score (nSPS) is 10.3. The molecule has 1 aromatic heterocycles. The van der Waals surface area contributed by atoms with Gasteiger partial charge in [-0.15, -0.1) is 0 Å². The summed E-state index contributed by atoms with van der Waals surface area (Å²) in [6.45, 7) is 1.95. The lowest BCUT2D eigenvalue weighted by atomic mass is 9.96. The van der Waals surface area contributed by atoms with Crippen molar-refractivity contribution < 1.29 is 9.13 Å². The van der Waals surface area contributed by atoms with Crippen molar-refractivity contribution in [2.45, 2.75) is 13.5 Å². The van der Waals surface area contributed by atoms with Crippen molar-refractivity contribution in [3.8, 4) is 22.9 Å². The fourth-order valence-electron chi connectivity index (χ4n) is 2.64. The molecule has 0 aliphatic heterocycles. The van der Waals surface area contributed by atoms with Gasteiger partial charge in [0.1, 0.15) is 29.8 Å². The number of nitriles is 1. The third-order valence-electron chi connectivity index (χ3n) is 3.78. The van der Waals surface area contributed by atoms with Gasteiger partial charge in [0.15, 0.2) is 0 Å². The zero-order valence-corrected chi connectivity index (χ0v) is 13.5. The number of aromatic amines is 1. The van der Waals surface area contributed by atoms with E-state index in [1.165, 1.54) is 12.1 Å². The molecule has 3 aromatic rings. The molecule has 1 N–H and O–H groups in total. The number of rotatable bonds is 4. The summed E-state index contributed by atoms with van der Waals surface area (Å²) in [7, 11) is 0. The van der Waals surface area contributed by atoms with Crippen LogP contribution in [0.4, 0.5) is 4.39 Å². The largest absolute Gasteiger partial charge is 0.489 e. The first-order valence-electron chi connectivity index (χ1n) is 7.69. The molecule has 0 bridgehead atoms. The van der Waals surface area contributed by atoms with Gasteiger partial charge in [0, 0.05) is 17.3 Å². The highest BCUT2D eigenvalue weighted by molar-refractivity contribution is 5.73. The molecule has 25 heavy (non-hydrogen) atoms. The van der Waals surface area contributed by atoms with Gasteiger partial charge < -0.3 is 9.72 Å². The topological polar surface area (TPSA) is 65.9 Å². The second-order valence-corrected chi connectivity index (χ2v) is 5.59. The van der Waals surface area contributed by atoms with Gasteiger partial charge in [-0.1, -0.05) is 30.3 Å². The summed E-state index contributed by atoms with van der Waals surface area (Å²) in [5.74, 6) is 0.0418. The first-order chi connectivity index (χ1) is 12.1. The summed E-state index contributed by atoms with van der Waals surface area (Å²) < 4.78 is 18.9. The van der Waals surface area contributed by atoms with Crippen molar-refractivity contribution in [2.24, 2.45) is 0 Å². The van der Waals surface area contributed by atoms with Gasteiger partial charge in [0.25, 0.3) is 5.56 Å². The highest BCUT2D eigenvalue weighted by Crippen LogP contribution is 2.27. The minimum Gasteiger partial charge on any atom is -0.489 e. The van der Waals surface area contributed by atoms with Crippen molar-refractivity contribution >= 4 is 0 Å². The Labute approximate surface area is 144 Å². The Morgan fingerprint density at radius 2 is 1.92 bits per heavy atom. The number of hydrogen-bond donors (Lipinski definition) is 1. The molecule has 0 fully saturated rings. The van der Waals surface area contributed by atoms with E-state index in [0.717, 1.165) is 11.1 Å². The molecule has 0 radical (unpaired) electrons. The van der Waals surface area contributed by atoms with Crippen LogP contribution in [-0.4, -0.2) is 4.98 Å². The lowest BCUT2D eigenvalue weighted by Gasteiger charge is -2.13. The van der Waals surface area contributed by atoms with Crippen LogP contribution in [0.3, 0.4) is 0 Å². The third-order valence-corrected chi connectivity index (χ3v) is 3.78. The summed E-state index contributed by atoms with van der Waals surface area (Å²) in [5.41, 5.74) is 2.40. The maximum Gasteiger partial charge on any atom is 0.266 e. The second-order valence-electron chi connectivity index (χ2n) is 5.59.